The number of hydrogen-bond acceptors (Lipinski definition) is 1. The zero-order valence-corrected chi connectivity index (χ0v) is 10.3. The van der Waals surface area contributed by atoms with E-state index >= 15 is 0 Å². The lowest BCUT2D eigenvalue weighted by atomic mass is 10.1. The van der Waals surface area contributed by atoms with Crippen LogP contribution >= 0.6 is 11.6 Å². The fourth-order valence-corrected chi connectivity index (χ4v) is 2.17. The van der Waals surface area contributed by atoms with Gasteiger partial charge in [0.2, 0.25) is 0 Å². The molecule has 0 aliphatic heterocycles. The van der Waals surface area contributed by atoms with Crippen molar-refractivity contribution in [3.63, 3.8) is 0 Å². The predicted molar refractivity (Wildman–Crippen MR) is 67.9 cm³/mol. The molecule has 16 heavy (non-hydrogen) atoms. The Bertz CT molecular complexity index is 502. The first kappa shape index (κ1) is 11.5. The first-order valence-electron chi connectivity index (χ1n) is 5.49. The monoisotopic (exact) mass is 237 g/mol. The van der Waals surface area contributed by atoms with Gasteiger partial charge >= 0.3 is 0 Å². The molecule has 1 N–H and O–H groups in total. The summed E-state index contributed by atoms with van der Waals surface area (Å²) >= 11 is 5.97. The lowest BCUT2D eigenvalue weighted by Crippen LogP contribution is -2.00. The molecule has 0 bridgehead atoms. The summed E-state index contributed by atoms with van der Waals surface area (Å²) in [5.74, 6) is 0. The van der Waals surface area contributed by atoms with E-state index in [9.17, 15) is 5.11 Å². The number of halogens is 1. The maximum atomic E-state index is 9.31. The standard InChI is InChI=1S/C13H16ClNO/c1-9(16)3-4-10-8-15(2)13-7-11(14)5-6-12(10)13/h5-9,16H,3-4H2,1-2H3. The third kappa shape index (κ3) is 2.23. The Morgan fingerprint density at radius 2 is 2.19 bits per heavy atom. The Hall–Kier alpha value is -0.990. The Labute approximate surface area is 100 Å². The molecule has 2 nitrogen and oxygen atoms in total. The van der Waals surface area contributed by atoms with Crippen LogP contribution in [-0.2, 0) is 13.5 Å². The van der Waals surface area contributed by atoms with Crippen molar-refractivity contribution in [2.24, 2.45) is 7.05 Å². The normalized spacial score (nSPS) is 13.2. The van der Waals surface area contributed by atoms with E-state index in [0.717, 1.165) is 23.4 Å². The van der Waals surface area contributed by atoms with Gasteiger partial charge in [-0.25, -0.2) is 0 Å². The number of aromatic nitrogens is 1. The van der Waals surface area contributed by atoms with Gasteiger partial charge in [-0.2, -0.15) is 0 Å². The number of nitrogens with zero attached hydrogens (tertiary/aromatic N) is 1. The highest BCUT2D eigenvalue weighted by Gasteiger charge is 2.07. The summed E-state index contributed by atoms with van der Waals surface area (Å²) in [5.41, 5.74) is 2.42. The van der Waals surface area contributed by atoms with Crippen LogP contribution in [0.1, 0.15) is 18.9 Å². The SMILES string of the molecule is CC(O)CCc1cn(C)c2cc(Cl)ccc12. The summed E-state index contributed by atoms with van der Waals surface area (Å²) in [4.78, 5) is 0. The van der Waals surface area contributed by atoms with E-state index < -0.39 is 0 Å². The molecule has 0 amide bonds. The van der Waals surface area contributed by atoms with Gasteiger partial charge in [0, 0.05) is 29.2 Å². The third-order valence-corrected chi connectivity index (χ3v) is 3.10. The van der Waals surface area contributed by atoms with Crippen molar-refractivity contribution in [1.29, 1.82) is 0 Å². The maximum absolute atomic E-state index is 9.31. The second-order valence-electron chi connectivity index (χ2n) is 4.31. The molecular formula is C13H16ClNO. The van der Waals surface area contributed by atoms with Crippen molar-refractivity contribution in [3.05, 3.63) is 35.0 Å². The molecule has 1 aromatic carbocycles. The fourth-order valence-electron chi connectivity index (χ4n) is 2.00. The number of aryl methyl sites for hydroxylation is 2. The largest absolute Gasteiger partial charge is 0.393 e. The van der Waals surface area contributed by atoms with Crippen molar-refractivity contribution >= 4 is 22.5 Å². The zero-order chi connectivity index (χ0) is 11.7. The summed E-state index contributed by atoms with van der Waals surface area (Å²) in [6.45, 7) is 1.82. The average molecular weight is 238 g/mol. The van der Waals surface area contributed by atoms with Crippen LogP contribution in [0, 0.1) is 0 Å². The van der Waals surface area contributed by atoms with E-state index in [-0.39, 0.29) is 6.10 Å². The number of rotatable bonds is 3. The van der Waals surface area contributed by atoms with Crippen LogP contribution in [0.3, 0.4) is 0 Å². The Morgan fingerprint density at radius 1 is 1.44 bits per heavy atom. The van der Waals surface area contributed by atoms with E-state index in [0.29, 0.717) is 0 Å². The van der Waals surface area contributed by atoms with Crippen molar-refractivity contribution in [1.82, 2.24) is 4.57 Å². The molecule has 0 aliphatic carbocycles. The van der Waals surface area contributed by atoms with E-state index in [1.807, 2.05) is 26.1 Å². The molecule has 1 unspecified atom stereocenters. The quantitative estimate of drug-likeness (QED) is 0.872. The van der Waals surface area contributed by atoms with Crippen molar-refractivity contribution < 1.29 is 5.11 Å². The smallest absolute Gasteiger partial charge is 0.0515 e. The minimum atomic E-state index is -0.248. The molecule has 0 aliphatic rings. The predicted octanol–water partition coefficient (Wildman–Crippen LogP) is 3.15. The Morgan fingerprint density at radius 3 is 2.88 bits per heavy atom. The molecule has 0 fully saturated rings. The number of fused-ring (bicyclic) bond motifs is 1. The fraction of sp³-hybridized carbons (Fsp3) is 0.385. The first-order chi connectivity index (χ1) is 7.58. The van der Waals surface area contributed by atoms with Crippen LogP contribution in [0.2, 0.25) is 5.02 Å². The van der Waals surface area contributed by atoms with Crippen molar-refractivity contribution in [2.45, 2.75) is 25.9 Å². The number of hydrogen-bond donors (Lipinski definition) is 1. The van der Waals surface area contributed by atoms with Crippen molar-refractivity contribution in [2.75, 3.05) is 0 Å². The number of aliphatic hydroxyl groups is 1. The van der Waals surface area contributed by atoms with Gasteiger partial charge in [0.1, 0.15) is 0 Å². The minimum Gasteiger partial charge on any atom is -0.393 e. The van der Waals surface area contributed by atoms with Crippen LogP contribution < -0.4 is 0 Å². The van der Waals surface area contributed by atoms with Crippen LogP contribution in [0.15, 0.2) is 24.4 Å². The second-order valence-corrected chi connectivity index (χ2v) is 4.75. The molecule has 3 heteroatoms. The maximum Gasteiger partial charge on any atom is 0.0515 e. The molecule has 86 valence electrons. The molecule has 2 rings (SSSR count). The summed E-state index contributed by atoms with van der Waals surface area (Å²) in [5, 5.41) is 11.3. The van der Waals surface area contributed by atoms with Gasteiger partial charge in [0.05, 0.1) is 6.10 Å². The summed E-state index contributed by atoms with van der Waals surface area (Å²) in [6.07, 6.45) is 3.56. The summed E-state index contributed by atoms with van der Waals surface area (Å²) < 4.78 is 2.08. The first-order valence-corrected chi connectivity index (χ1v) is 5.87. The van der Waals surface area contributed by atoms with Gasteiger partial charge in [-0.3, -0.25) is 0 Å². The van der Waals surface area contributed by atoms with Gasteiger partial charge in [0.15, 0.2) is 0 Å². The van der Waals surface area contributed by atoms with Gasteiger partial charge < -0.3 is 9.67 Å². The van der Waals surface area contributed by atoms with Crippen LogP contribution in [0.5, 0.6) is 0 Å². The molecule has 1 atom stereocenters. The molecule has 0 saturated carbocycles. The van der Waals surface area contributed by atoms with E-state index in [2.05, 4.69) is 16.8 Å². The van der Waals surface area contributed by atoms with Gasteiger partial charge in [-0.05, 0) is 37.5 Å². The third-order valence-electron chi connectivity index (χ3n) is 2.87. The lowest BCUT2D eigenvalue weighted by Gasteiger charge is -2.02. The van der Waals surface area contributed by atoms with Gasteiger partial charge in [-0.1, -0.05) is 17.7 Å². The number of aliphatic hydroxyl groups excluding tert-OH is 1. The van der Waals surface area contributed by atoms with E-state index in [1.54, 1.807) is 0 Å². The second kappa shape index (κ2) is 4.48. The summed E-state index contributed by atoms with van der Waals surface area (Å²) in [6, 6.07) is 5.94. The van der Waals surface area contributed by atoms with Gasteiger partial charge in [-0.15, -0.1) is 0 Å². The van der Waals surface area contributed by atoms with Crippen LogP contribution in [0.4, 0.5) is 0 Å². The highest BCUT2D eigenvalue weighted by Crippen LogP contribution is 2.25. The van der Waals surface area contributed by atoms with Crippen molar-refractivity contribution in [3.8, 4) is 0 Å². The van der Waals surface area contributed by atoms with E-state index in [4.69, 9.17) is 11.6 Å². The van der Waals surface area contributed by atoms with E-state index in [1.165, 1.54) is 10.9 Å². The number of benzene rings is 1. The molecule has 1 aromatic heterocycles. The highest BCUT2D eigenvalue weighted by molar-refractivity contribution is 6.31. The summed E-state index contributed by atoms with van der Waals surface area (Å²) in [7, 11) is 2.02. The topological polar surface area (TPSA) is 25.2 Å². The zero-order valence-electron chi connectivity index (χ0n) is 9.57. The Kier molecular flexibility index (Phi) is 3.22. The average Bonchev–Trinajstić information content (AvgIpc) is 2.53. The minimum absolute atomic E-state index is 0.248. The lowest BCUT2D eigenvalue weighted by molar-refractivity contribution is 0.185. The molecule has 1 heterocycles. The van der Waals surface area contributed by atoms with Crippen LogP contribution in [-0.4, -0.2) is 15.8 Å². The van der Waals surface area contributed by atoms with Crippen LogP contribution in [0.25, 0.3) is 10.9 Å². The highest BCUT2D eigenvalue weighted by atomic mass is 35.5. The molecule has 2 aromatic rings. The molecule has 0 saturated heterocycles. The molecule has 0 spiro atoms. The Balaban J connectivity index is 2.39. The molecule has 0 radical (unpaired) electrons. The molecular weight excluding hydrogens is 222 g/mol. The van der Waals surface area contributed by atoms with Gasteiger partial charge in [0.25, 0.3) is 0 Å².